The predicted molar refractivity (Wildman–Crippen MR) is 107 cm³/mol. The van der Waals surface area contributed by atoms with Crippen LogP contribution in [0, 0.1) is 13.8 Å². The second kappa shape index (κ2) is 10.6. The highest BCUT2D eigenvalue weighted by Gasteiger charge is 2.11. The van der Waals surface area contributed by atoms with Crippen LogP contribution < -0.4 is 0 Å². The summed E-state index contributed by atoms with van der Waals surface area (Å²) in [6.07, 6.45) is 13.5. The summed E-state index contributed by atoms with van der Waals surface area (Å²) in [5.74, 6) is 0.802. The average Bonchev–Trinajstić information content (AvgIpc) is 2.94. The number of aryl methyl sites for hydroxylation is 3. The smallest absolute Gasteiger partial charge is 0.135 e. The summed E-state index contributed by atoms with van der Waals surface area (Å²) in [4.78, 5) is 4.61. The highest BCUT2D eigenvalue weighted by Crippen LogP contribution is 2.22. The Morgan fingerprint density at radius 1 is 0.840 bits per heavy atom. The molecular weight excluding hydrogens is 308 g/mol. The minimum absolute atomic E-state index is 0.0184. The van der Waals surface area contributed by atoms with Crippen LogP contribution >= 0.6 is 0 Å². The van der Waals surface area contributed by atoms with Crippen LogP contribution in [0.15, 0.2) is 12.1 Å². The Morgan fingerprint density at radius 3 is 2.00 bits per heavy atom. The van der Waals surface area contributed by atoms with Gasteiger partial charge < -0.3 is 9.67 Å². The Morgan fingerprint density at radius 2 is 1.40 bits per heavy atom. The van der Waals surface area contributed by atoms with E-state index < -0.39 is 0 Å². The third kappa shape index (κ3) is 5.85. The molecule has 0 saturated carbocycles. The molecule has 0 unspecified atom stereocenters. The molecule has 0 fully saturated rings. The van der Waals surface area contributed by atoms with Gasteiger partial charge in [0.05, 0.1) is 11.0 Å². The van der Waals surface area contributed by atoms with Crippen LogP contribution in [-0.2, 0) is 13.2 Å². The van der Waals surface area contributed by atoms with E-state index in [0.29, 0.717) is 0 Å². The van der Waals surface area contributed by atoms with Crippen molar-refractivity contribution in [3.05, 3.63) is 29.1 Å². The lowest BCUT2D eigenvalue weighted by Crippen LogP contribution is -2.04. The van der Waals surface area contributed by atoms with Crippen molar-refractivity contribution < 1.29 is 5.11 Å². The first-order valence-corrected chi connectivity index (χ1v) is 10.2. The van der Waals surface area contributed by atoms with Gasteiger partial charge >= 0.3 is 0 Å². The number of aromatic nitrogens is 2. The molecule has 0 aliphatic heterocycles. The number of rotatable bonds is 12. The van der Waals surface area contributed by atoms with Gasteiger partial charge in [0.2, 0.25) is 0 Å². The summed E-state index contributed by atoms with van der Waals surface area (Å²) in [5.41, 5.74) is 4.74. The van der Waals surface area contributed by atoms with Crippen molar-refractivity contribution in [3.63, 3.8) is 0 Å². The number of hydrogen-bond donors (Lipinski definition) is 1. The molecule has 1 aromatic heterocycles. The molecule has 0 radical (unpaired) electrons. The number of nitrogens with zero attached hydrogens (tertiary/aromatic N) is 2. The van der Waals surface area contributed by atoms with Crippen LogP contribution in [0.25, 0.3) is 11.0 Å². The Balaban J connectivity index is 1.76. The summed E-state index contributed by atoms with van der Waals surface area (Å²) in [7, 11) is 0. The van der Waals surface area contributed by atoms with Gasteiger partial charge in [-0.15, -0.1) is 0 Å². The molecule has 0 aliphatic rings. The minimum atomic E-state index is 0.0184. The van der Waals surface area contributed by atoms with Gasteiger partial charge in [0.25, 0.3) is 0 Å². The van der Waals surface area contributed by atoms with E-state index >= 15 is 0 Å². The van der Waals surface area contributed by atoms with Gasteiger partial charge in [-0.3, -0.25) is 0 Å². The molecule has 1 N–H and O–H groups in total. The maximum atomic E-state index is 9.64. The largest absolute Gasteiger partial charge is 0.388 e. The van der Waals surface area contributed by atoms with E-state index in [9.17, 15) is 5.11 Å². The first-order valence-electron chi connectivity index (χ1n) is 10.2. The molecule has 0 spiro atoms. The maximum Gasteiger partial charge on any atom is 0.135 e. The van der Waals surface area contributed by atoms with Crippen LogP contribution in [0.5, 0.6) is 0 Å². The standard InChI is InChI=1S/C22H36N2O/c1-4-5-6-7-8-9-10-11-12-13-14-24-21-16-19(3)18(2)15-20(21)23-22(24)17-25/h15-16,25H,4-14,17H2,1-3H3. The predicted octanol–water partition coefficient (Wildman–Crippen LogP) is 6.07. The van der Waals surface area contributed by atoms with E-state index in [0.717, 1.165) is 17.9 Å². The highest BCUT2D eigenvalue weighted by atomic mass is 16.3. The first-order chi connectivity index (χ1) is 12.2. The maximum absolute atomic E-state index is 9.64. The van der Waals surface area contributed by atoms with Crippen LogP contribution in [0.3, 0.4) is 0 Å². The van der Waals surface area contributed by atoms with Gasteiger partial charge in [-0.05, 0) is 43.5 Å². The van der Waals surface area contributed by atoms with Crippen molar-refractivity contribution in [1.82, 2.24) is 9.55 Å². The third-order valence-corrected chi connectivity index (χ3v) is 5.32. The number of hydrogen-bond acceptors (Lipinski definition) is 2. The molecule has 0 atom stereocenters. The van der Waals surface area contributed by atoms with Crippen molar-refractivity contribution in [2.75, 3.05) is 0 Å². The topological polar surface area (TPSA) is 38.0 Å². The first kappa shape index (κ1) is 20.0. The van der Waals surface area contributed by atoms with E-state index in [1.165, 1.54) is 80.9 Å². The number of aliphatic hydroxyl groups is 1. The number of unbranched alkanes of at least 4 members (excludes halogenated alkanes) is 9. The number of aliphatic hydroxyl groups excluding tert-OH is 1. The molecule has 1 heterocycles. The zero-order valence-corrected chi connectivity index (χ0v) is 16.5. The molecule has 0 aliphatic carbocycles. The zero-order chi connectivity index (χ0) is 18.1. The quantitative estimate of drug-likeness (QED) is 0.475. The van der Waals surface area contributed by atoms with E-state index in [1.54, 1.807) is 0 Å². The molecule has 0 saturated heterocycles. The molecule has 0 bridgehead atoms. The summed E-state index contributed by atoms with van der Waals surface area (Å²) in [6, 6.07) is 4.35. The molecule has 3 nitrogen and oxygen atoms in total. The Labute approximate surface area is 153 Å². The van der Waals surface area contributed by atoms with Crippen LogP contribution in [0.1, 0.15) is 88.1 Å². The average molecular weight is 345 g/mol. The summed E-state index contributed by atoms with van der Waals surface area (Å²) >= 11 is 0. The lowest BCUT2D eigenvalue weighted by atomic mass is 10.1. The molecule has 140 valence electrons. The molecule has 25 heavy (non-hydrogen) atoms. The zero-order valence-electron chi connectivity index (χ0n) is 16.5. The fourth-order valence-electron chi connectivity index (χ4n) is 3.56. The van der Waals surface area contributed by atoms with Gasteiger partial charge in [0.15, 0.2) is 0 Å². The van der Waals surface area contributed by atoms with Crippen molar-refractivity contribution in [2.24, 2.45) is 0 Å². The fraction of sp³-hybridized carbons (Fsp3) is 0.682. The molecule has 3 heteroatoms. The molecule has 1 aromatic carbocycles. The van der Waals surface area contributed by atoms with E-state index in [-0.39, 0.29) is 6.61 Å². The van der Waals surface area contributed by atoms with Gasteiger partial charge in [-0.25, -0.2) is 4.98 Å². The van der Waals surface area contributed by atoms with E-state index in [2.05, 4.69) is 42.5 Å². The van der Waals surface area contributed by atoms with Crippen molar-refractivity contribution in [1.29, 1.82) is 0 Å². The van der Waals surface area contributed by atoms with Crippen molar-refractivity contribution in [2.45, 2.75) is 98.1 Å². The normalized spacial score (nSPS) is 11.5. The fourth-order valence-corrected chi connectivity index (χ4v) is 3.56. The Kier molecular flexibility index (Phi) is 8.47. The van der Waals surface area contributed by atoms with Gasteiger partial charge in [-0.1, -0.05) is 64.7 Å². The number of benzene rings is 1. The monoisotopic (exact) mass is 344 g/mol. The molecule has 2 aromatic rings. The summed E-state index contributed by atoms with van der Waals surface area (Å²) in [6.45, 7) is 7.52. The lowest BCUT2D eigenvalue weighted by molar-refractivity contribution is 0.265. The number of fused-ring (bicyclic) bond motifs is 1. The second-order valence-corrected chi connectivity index (χ2v) is 7.44. The second-order valence-electron chi connectivity index (χ2n) is 7.44. The van der Waals surface area contributed by atoms with E-state index in [4.69, 9.17) is 0 Å². The van der Waals surface area contributed by atoms with Crippen LogP contribution in [0.2, 0.25) is 0 Å². The lowest BCUT2D eigenvalue weighted by Gasteiger charge is -2.09. The number of imidazole rings is 1. The molecular formula is C22H36N2O. The third-order valence-electron chi connectivity index (χ3n) is 5.32. The molecule has 2 rings (SSSR count). The van der Waals surface area contributed by atoms with Crippen LogP contribution in [0.4, 0.5) is 0 Å². The van der Waals surface area contributed by atoms with Gasteiger partial charge in [0.1, 0.15) is 12.4 Å². The van der Waals surface area contributed by atoms with Gasteiger partial charge in [0, 0.05) is 6.54 Å². The van der Waals surface area contributed by atoms with Crippen LogP contribution in [-0.4, -0.2) is 14.7 Å². The Bertz CT molecular complexity index is 645. The summed E-state index contributed by atoms with van der Waals surface area (Å²) < 4.78 is 2.21. The SMILES string of the molecule is CCCCCCCCCCCCn1c(CO)nc2cc(C)c(C)cc21. The summed E-state index contributed by atoms with van der Waals surface area (Å²) in [5, 5.41) is 9.64. The minimum Gasteiger partial charge on any atom is -0.388 e. The van der Waals surface area contributed by atoms with Crippen molar-refractivity contribution in [3.8, 4) is 0 Å². The van der Waals surface area contributed by atoms with Gasteiger partial charge in [-0.2, -0.15) is 0 Å². The Hall–Kier alpha value is -1.35. The highest BCUT2D eigenvalue weighted by molar-refractivity contribution is 5.78. The van der Waals surface area contributed by atoms with Crippen molar-refractivity contribution >= 4 is 11.0 Å². The van der Waals surface area contributed by atoms with E-state index in [1.807, 2.05) is 0 Å². The molecule has 0 amide bonds.